The quantitative estimate of drug-likeness (QED) is 0.220. The molecule has 0 aliphatic carbocycles. The molecule has 244 valence electrons. The number of nitrogens with zero attached hydrogens (tertiary/aromatic N) is 3. The molecule has 0 bridgehead atoms. The number of carbonyl (C=O) groups excluding carboxylic acids is 2. The van der Waals surface area contributed by atoms with Gasteiger partial charge in [0.05, 0.1) is 23.4 Å². The second kappa shape index (κ2) is 13.8. The summed E-state index contributed by atoms with van der Waals surface area (Å²) in [6.45, 7) is 13.0. The van der Waals surface area contributed by atoms with Crippen LogP contribution in [0.25, 0.3) is 11.1 Å². The van der Waals surface area contributed by atoms with Crippen molar-refractivity contribution in [1.29, 1.82) is 0 Å². The van der Waals surface area contributed by atoms with Crippen molar-refractivity contribution in [2.45, 2.75) is 90.8 Å². The van der Waals surface area contributed by atoms with E-state index in [1.807, 2.05) is 31.6 Å². The van der Waals surface area contributed by atoms with Crippen molar-refractivity contribution in [3.8, 4) is 16.9 Å². The van der Waals surface area contributed by atoms with E-state index in [4.69, 9.17) is 37.4 Å². The molecule has 0 unspecified atom stereocenters. The molecule has 3 aromatic rings. The molecule has 11 nitrogen and oxygen atoms in total. The van der Waals surface area contributed by atoms with E-state index in [0.717, 1.165) is 12.0 Å². The number of hydrogen-bond donors (Lipinski definition) is 3. The van der Waals surface area contributed by atoms with Gasteiger partial charge in [0.15, 0.2) is 11.6 Å². The lowest BCUT2D eigenvalue weighted by Gasteiger charge is -2.31. The predicted molar refractivity (Wildman–Crippen MR) is 170 cm³/mol. The van der Waals surface area contributed by atoms with Crippen LogP contribution in [-0.2, 0) is 9.47 Å². The van der Waals surface area contributed by atoms with Crippen molar-refractivity contribution >= 4 is 41.2 Å². The highest BCUT2D eigenvalue weighted by molar-refractivity contribution is 6.36. The summed E-state index contributed by atoms with van der Waals surface area (Å²) >= 11 is 12.6. The molecule has 1 saturated heterocycles. The van der Waals surface area contributed by atoms with Gasteiger partial charge >= 0.3 is 12.2 Å². The molecule has 2 amide bonds. The molecule has 1 fully saturated rings. The number of rotatable bonds is 7. The van der Waals surface area contributed by atoms with E-state index in [-0.39, 0.29) is 39.4 Å². The van der Waals surface area contributed by atoms with E-state index >= 15 is 0 Å². The minimum absolute atomic E-state index is 0.00834. The molecule has 0 radical (unpaired) electrons. The van der Waals surface area contributed by atoms with Gasteiger partial charge in [-0.2, -0.15) is 5.10 Å². The third-order valence-corrected chi connectivity index (χ3v) is 7.35. The van der Waals surface area contributed by atoms with Crippen LogP contribution in [-0.4, -0.2) is 50.9 Å². The third-order valence-electron chi connectivity index (χ3n) is 6.64. The number of hydrogen-bond acceptors (Lipinski definition) is 8. The van der Waals surface area contributed by atoms with Gasteiger partial charge in [-0.1, -0.05) is 23.2 Å². The normalized spacial score (nSPS) is 17.7. The minimum atomic E-state index is -0.816. The number of ether oxygens (including phenoxy) is 3. The van der Waals surface area contributed by atoms with Crippen molar-refractivity contribution in [1.82, 2.24) is 25.4 Å². The van der Waals surface area contributed by atoms with Crippen LogP contribution in [0, 0.1) is 5.82 Å². The first-order valence-corrected chi connectivity index (χ1v) is 15.3. The first-order chi connectivity index (χ1) is 21.0. The van der Waals surface area contributed by atoms with E-state index in [1.54, 1.807) is 46.2 Å². The number of alkyl carbamates (subject to hydrolysis) is 1. The molecule has 2 aromatic heterocycles. The number of pyridine rings is 1. The molecule has 1 aromatic carbocycles. The second-order valence-electron chi connectivity index (χ2n) is 12.8. The Morgan fingerprint density at radius 2 is 1.76 bits per heavy atom. The molecule has 45 heavy (non-hydrogen) atoms. The summed E-state index contributed by atoms with van der Waals surface area (Å²) < 4.78 is 33.1. The van der Waals surface area contributed by atoms with Crippen LogP contribution in [0.5, 0.6) is 5.75 Å². The van der Waals surface area contributed by atoms with Crippen LogP contribution in [0.1, 0.15) is 79.0 Å². The van der Waals surface area contributed by atoms with Crippen LogP contribution >= 0.6 is 23.2 Å². The number of nitrogens with one attached hydrogen (secondary N) is 3. The molecule has 4 rings (SSSR count). The molecule has 3 heterocycles. The predicted octanol–water partition coefficient (Wildman–Crippen LogP) is 7.65. The van der Waals surface area contributed by atoms with Gasteiger partial charge in [-0.05, 0) is 79.6 Å². The van der Waals surface area contributed by atoms with E-state index < -0.39 is 35.3 Å². The summed E-state index contributed by atoms with van der Waals surface area (Å²) in [4.78, 5) is 29.3. The molecule has 1 aliphatic heterocycles. The lowest BCUT2D eigenvalue weighted by atomic mass is 10.0. The average Bonchev–Trinajstić information content (AvgIpc) is 3.40. The summed E-state index contributed by atoms with van der Waals surface area (Å²) in [7, 11) is 0. The zero-order valence-electron chi connectivity index (χ0n) is 26.3. The molecule has 0 saturated carbocycles. The minimum Gasteiger partial charge on any atom is -0.482 e. The standard InChI is InChI=1S/C31H39Cl2FN6O5/c1-17(25-21(32)8-9-22(34)26(25)33)43-23-12-18(14-36-27(23)39-29(42)45-31(5,6)7)19-15-37-40(16-19)20-10-11-35-24(13-20)38-28(41)44-30(2,3)4/h8-9,12,14-17,20,24,35H,10-11,13H2,1-7H3,(H,38,41)(H,36,39,42)/t17-,20-,24-/m1/s1. The molecule has 3 atom stereocenters. The number of halogens is 3. The fraction of sp³-hybridized carbons (Fsp3) is 0.484. The number of benzene rings is 1. The van der Waals surface area contributed by atoms with Crippen LogP contribution < -0.4 is 20.7 Å². The molecule has 3 N–H and O–H groups in total. The maximum Gasteiger partial charge on any atom is 0.413 e. The molecule has 14 heteroatoms. The lowest BCUT2D eigenvalue weighted by molar-refractivity contribution is 0.0474. The Labute approximate surface area is 272 Å². The van der Waals surface area contributed by atoms with Crippen molar-refractivity contribution in [3.63, 3.8) is 0 Å². The Bertz CT molecular complexity index is 1540. The van der Waals surface area contributed by atoms with Crippen LogP contribution in [0.15, 0.2) is 36.8 Å². The van der Waals surface area contributed by atoms with E-state index in [0.29, 0.717) is 18.5 Å². The maximum atomic E-state index is 14.3. The zero-order valence-corrected chi connectivity index (χ0v) is 27.8. The first-order valence-electron chi connectivity index (χ1n) is 14.6. The van der Waals surface area contributed by atoms with Gasteiger partial charge in [-0.25, -0.2) is 19.0 Å². The van der Waals surface area contributed by atoms with Gasteiger partial charge in [0.25, 0.3) is 0 Å². The molecular weight excluding hydrogens is 626 g/mol. The number of amides is 2. The Morgan fingerprint density at radius 3 is 2.44 bits per heavy atom. The van der Waals surface area contributed by atoms with Crippen LogP contribution in [0.2, 0.25) is 10.0 Å². The smallest absolute Gasteiger partial charge is 0.413 e. The largest absolute Gasteiger partial charge is 0.482 e. The van der Waals surface area contributed by atoms with Gasteiger partial charge in [0, 0.05) is 40.5 Å². The molecule has 1 aliphatic rings. The van der Waals surface area contributed by atoms with Crippen molar-refractivity contribution in [3.05, 3.63) is 58.2 Å². The third kappa shape index (κ3) is 9.44. The number of carbonyl (C=O) groups is 2. The van der Waals surface area contributed by atoms with Gasteiger partial charge in [-0.15, -0.1) is 0 Å². The number of anilines is 1. The fourth-order valence-corrected chi connectivity index (χ4v) is 5.41. The summed E-state index contributed by atoms with van der Waals surface area (Å²) in [5.74, 6) is -0.372. The Hall–Kier alpha value is -3.61. The highest BCUT2D eigenvalue weighted by Crippen LogP contribution is 2.38. The van der Waals surface area contributed by atoms with E-state index in [1.165, 1.54) is 12.1 Å². The molecular formula is C31H39Cl2FN6O5. The maximum absolute atomic E-state index is 14.3. The second-order valence-corrected chi connectivity index (χ2v) is 13.5. The topological polar surface area (TPSA) is 129 Å². The van der Waals surface area contributed by atoms with Crippen molar-refractivity contribution in [2.24, 2.45) is 0 Å². The van der Waals surface area contributed by atoms with Crippen LogP contribution in [0.4, 0.5) is 19.8 Å². The lowest BCUT2D eigenvalue weighted by Crippen LogP contribution is -2.51. The first kappa shape index (κ1) is 34.3. The Morgan fingerprint density at radius 1 is 1.07 bits per heavy atom. The average molecular weight is 666 g/mol. The van der Waals surface area contributed by atoms with Gasteiger partial charge in [0.2, 0.25) is 0 Å². The molecule has 0 spiro atoms. The highest BCUT2D eigenvalue weighted by Gasteiger charge is 2.27. The van der Waals surface area contributed by atoms with E-state index in [9.17, 15) is 14.0 Å². The zero-order chi connectivity index (χ0) is 33.1. The highest BCUT2D eigenvalue weighted by atomic mass is 35.5. The Balaban J connectivity index is 1.58. The SMILES string of the molecule is C[C@@H](Oc1cc(-c2cnn([C@@H]3CCN[C@H](NC(=O)OC(C)(C)C)C3)c2)cnc1NC(=O)OC(C)(C)C)c1c(Cl)ccc(F)c1Cl. The Kier molecular flexibility index (Phi) is 10.5. The fourth-order valence-electron chi connectivity index (χ4n) is 4.74. The number of aromatic nitrogens is 3. The van der Waals surface area contributed by atoms with Crippen molar-refractivity contribution in [2.75, 3.05) is 11.9 Å². The van der Waals surface area contributed by atoms with Gasteiger partial charge < -0.3 is 19.5 Å². The van der Waals surface area contributed by atoms with Gasteiger partial charge in [-0.3, -0.25) is 15.3 Å². The van der Waals surface area contributed by atoms with Crippen LogP contribution in [0.3, 0.4) is 0 Å². The number of piperidine rings is 1. The van der Waals surface area contributed by atoms with E-state index in [2.05, 4.69) is 26.0 Å². The van der Waals surface area contributed by atoms with Gasteiger partial charge in [0.1, 0.15) is 23.1 Å². The van der Waals surface area contributed by atoms with Crippen molar-refractivity contribution < 1.29 is 28.2 Å². The monoisotopic (exact) mass is 664 g/mol. The summed E-state index contributed by atoms with van der Waals surface area (Å²) in [6.07, 6.45) is 4.23. The summed E-state index contributed by atoms with van der Waals surface area (Å²) in [6, 6.07) is 4.27. The summed E-state index contributed by atoms with van der Waals surface area (Å²) in [5, 5.41) is 13.4. The summed E-state index contributed by atoms with van der Waals surface area (Å²) in [5.41, 5.74) is 0.288.